The first-order chi connectivity index (χ1) is 7.45. The number of hydrogen-bond donors (Lipinski definition) is 0. The van der Waals surface area contributed by atoms with Crippen molar-refractivity contribution in [1.82, 2.24) is 0 Å². The standard InChI is InChI=1S/C14H11N/c1-2-4-13-11(3-1)5-6-12-7-9-15-10-8-14(12)13/h1-7,9-10H,8H2. The van der Waals surface area contributed by atoms with E-state index in [0.717, 1.165) is 6.42 Å². The average molecular weight is 193 g/mol. The molecule has 0 fully saturated rings. The van der Waals surface area contributed by atoms with Crippen LogP contribution in [0.25, 0.3) is 16.8 Å². The summed E-state index contributed by atoms with van der Waals surface area (Å²) >= 11 is 0. The lowest BCUT2D eigenvalue weighted by Gasteiger charge is -2.07. The van der Waals surface area contributed by atoms with E-state index in [4.69, 9.17) is 0 Å². The van der Waals surface area contributed by atoms with Gasteiger partial charge in [0.25, 0.3) is 0 Å². The molecule has 72 valence electrons. The molecule has 2 aromatic rings. The molecule has 1 heterocycles. The number of aliphatic imine (C=N–C) groups is 1. The number of rotatable bonds is 0. The summed E-state index contributed by atoms with van der Waals surface area (Å²) in [7, 11) is 0. The minimum atomic E-state index is 0.920. The number of hydrogen-bond acceptors (Lipinski definition) is 1. The van der Waals surface area contributed by atoms with E-state index in [9.17, 15) is 0 Å². The molecule has 0 unspecified atom stereocenters. The van der Waals surface area contributed by atoms with E-state index in [1.54, 1.807) is 0 Å². The highest BCUT2D eigenvalue weighted by atomic mass is 14.7. The number of benzene rings is 2. The summed E-state index contributed by atoms with van der Waals surface area (Å²) < 4.78 is 0. The molecule has 0 amide bonds. The lowest BCUT2D eigenvalue weighted by Crippen LogP contribution is -1.91. The molecule has 0 atom stereocenters. The number of fused-ring (bicyclic) bond motifs is 3. The Morgan fingerprint density at radius 2 is 1.93 bits per heavy atom. The smallest absolute Gasteiger partial charge is 0.0270 e. The highest BCUT2D eigenvalue weighted by Gasteiger charge is 2.05. The maximum absolute atomic E-state index is 4.19. The van der Waals surface area contributed by atoms with E-state index in [1.165, 1.54) is 21.9 Å². The third-order valence-corrected chi connectivity index (χ3v) is 2.82. The molecule has 1 heteroatoms. The zero-order valence-corrected chi connectivity index (χ0v) is 8.35. The predicted octanol–water partition coefficient (Wildman–Crippen LogP) is 3.44. The van der Waals surface area contributed by atoms with Gasteiger partial charge in [-0.15, -0.1) is 0 Å². The van der Waals surface area contributed by atoms with Crippen molar-refractivity contribution >= 4 is 23.1 Å². The Hall–Kier alpha value is -1.89. The molecule has 0 saturated carbocycles. The molecule has 0 N–H and O–H groups in total. The van der Waals surface area contributed by atoms with Gasteiger partial charge in [-0.05, 0) is 28.0 Å². The van der Waals surface area contributed by atoms with Crippen molar-refractivity contribution in [1.29, 1.82) is 0 Å². The van der Waals surface area contributed by atoms with E-state index >= 15 is 0 Å². The maximum atomic E-state index is 4.19. The Balaban J connectivity index is 2.38. The SMILES string of the molecule is C1=Cc2ccc3ccccc3c2CC=N1. The van der Waals surface area contributed by atoms with Crippen LogP contribution in [0.5, 0.6) is 0 Å². The molecule has 1 aliphatic heterocycles. The molecule has 0 spiro atoms. The van der Waals surface area contributed by atoms with Crippen molar-refractivity contribution in [3.8, 4) is 0 Å². The molecule has 3 rings (SSSR count). The molecule has 0 saturated heterocycles. The average Bonchev–Trinajstić information content (AvgIpc) is 2.54. The van der Waals surface area contributed by atoms with Crippen LogP contribution in [0.4, 0.5) is 0 Å². The van der Waals surface area contributed by atoms with Crippen molar-refractivity contribution in [2.24, 2.45) is 4.99 Å². The fourth-order valence-electron chi connectivity index (χ4n) is 2.06. The maximum Gasteiger partial charge on any atom is 0.0270 e. The van der Waals surface area contributed by atoms with Gasteiger partial charge in [0.15, 0.2) is 0 Å². The molecule has 0 radical (unpaired) electrons. The monoisotopic (exact) mass is 193 g/mol. The van der Waals surface area contributed by atoms with E-state index in [1.807, 2.05) is 12.4 Å². The molecule has 2 aromatic carbocycles. The van der Waals surface area contributed by atoms with Crippen LogP contribution in [0.1, 0.15) is 11.1 Å². The van der Waals surface area contributed by atoms with Gasteiger partial charge in [-0.3, -0.25) is 4.99 Å². The summed E-state index contributed by atoms with van der Waals surface area (Å²) in [6.07, 6.45) is 6.82. The van der Waals surface area contributed by atoms with Gasteiger partial charge in [-0.25, -0.2) is 0 Å². The van der Waals surface area contributed by atoms with Gasteiger partial charge in [-0.2, -0.15) is 0 Å². The van der Waals surface area contributed by atoms with Crippen LogP contribution in [0.15, 0.2) is 47.6 Å². The van der Waals surface area contributed by atoms with Crippen LogP contribution in [-0.4, -0.2) is 6.21 Å². The highest BCUT2D eigenvalue weighted by Crippen LogP contribution is 2.24. The summed E-state index contributed by atoms with van der Waals surface area (Å²) in [5, 5.41) is 2.65. The molecular formula is C14H11N. The Kier molecular flexibility index (Phi) is 1.88. The van der Waals surface area contributed by atoms with Gasteiger partial charge < -0.3 is 0 Å². The summed E-state index contributed by atoms with van der Waals surface area (Å²) in [6.45, 7) is 0. The third-order valence-electron chi connectivity index (χ3n) is 2.82. The lowest BCUT2D eigenvalue weighted by molar-refractivity contribution is 1.39. The van der Waals surface area contributed by atoms with Crippen LogP contribution in [0.2, 0.25) is 0 Å². The zero-order valence-electron chi connectivity index (χ0n) is 8.35. The molecule has 15 heavy (non-hydrogen) atoms. The topological polar surface area (TPSA) is 12.4 Å². The summed E-state index contributed by atoms with van der Waals surface area (Å²) in [4.78, 5) is 4.19. The minimum absolute atomic E-state index is 0.920. The lowest BCUT2D eigenvalue weighted by atomic mass is 9.97. The number of nitrogens with zero attached hydrogens (tertiary/aromatic N) is 1. The predicted molar refractivity (Wildman–Crippen MR) is 65.2 cm³/mol. The van der Waals surface area contributed by atoms with Crippen molar-refractivity contribution in [2.45, 2.75) is 6.42 Å². The highest BCUT2D eigenvalue weighted by molar-refractivity contribution is 5.91. The Labute approximate surface area is 88.8 Å². The molecule has 0 aliphatic carbocycles. The normalized spacial score (nSPS) is 13.9. The first-order valence-electron chi connectivity index (χ1n) is 5.14. The van der Waals surface area contributed by atoms with E-state index in [2.05, 4.69) is 47.5 Å². The van der Waals surface area contributed by atoms with Crippen LogP contribution >= 0.6 is 0 Å². The van der Waals surface area contributed by atoms with Crippen molar-refractivity contribution in [3.63, 3.8) is 0 Å². The second-order valence-electron chi connectivity index (χ2n) is 3.71. The molecule has 1 aliphatic rings. The summed E-state index contributed by atoms with van der Waals surface area (Å²) in [5.74, 6) is 0. The largest absolute Gasteiger partial charge is 0.269 e. The van der Waals surface area contributed by atoms with Crippen molar-refractivity contribution in [2.75, 3.05) is 0 Å². The first-order valence-corrected chi connectivity index (χ1v) is 5.14. The van der Waals surface area contributed by atoms with Gasteiger partial charge >= 0.3 is 0 Å². The van der Waals surface area contributed by atoms with Gasteiger partial charge in [0.2, 0.25) is 0 Å². The molecular weight excluding hydrogens is 182 g/mol. The quantitative estimate of drug-likeness (QED) is 0.607. The first kappa shape index (κ1) is 8.42. The van der Waals surface area contributed by atoms with Gasteiger partial charge in [0.1, 0.15) is 0 Å². The van der Waals surface area contributed by atoms with Crippen LogP contribution in [-0.2, 0) is 6.42 Å². The van der Waals surface area contributed by atoms with E-state index < -0.39 is 0 Å². The molecule has 0 aromatic heterocycles. The van der Waals surface area contributed by atoms with Crippen LogP contribution < -0.4 is 0 Å². The summed E-state index contributed by atoms with van der Waals surface area (Å²) in [5.41, 5.74) is 2.66. The second-order valence-corrected chi connectivity index (χ2v) is 3.71. The fourth-order valence-corrected chi connectivity index (χ4v) is 2.06. The Morgan fingerprint density at radius 3 is 2.93 bits per heavy atom. The third kappa shape index (κ3) is 1.37. The Morgan fingerprint density at radius 1 is 1.00 bits per heavy atom. The van der Waals surface area contributed by atoms with Gasteiger partial charge in [0.05, 0.1) is 0 Å². The van der Waals surface area contributed by atoms with Crippen LogP contribution in [0, 0.1) is 0 Å². The van der Waals surface area contributed by atoms with Crippen molar-refractivity contribution < 1.29 is 0 Å². The molecule has 1 nitrogen and oxygen atoms in total. The van der Waals surface area contributed by atoms with E-state index in [-0.39, 0.29) is 0 Å². The van der Waals surface area contributed by atoms with Gasteiger partial charge in [0, 0.05) is 18.8 Å². The second kappa shape index (κ2) is 3.35. The summed E-state index contributed by atoms with van der Waals surface area (Å²) in [6, 6.07) is 12.8. The molecule has 0 bridgehead atoms. The Bertz CT molecular complexity index is 565. The zero-order chi connectivity index (χ0) is 10.1. The van der Waals surface area contributed by atoms with Crippen LogP contribution in [0.3, 0.4) is 0 Å². The minimum Gasteiger partial charge on any atom is -0.269 e. The van der Waals surface area contributed by atoms with Gasteiger partial charge in [-0.1, -0.05) is 36.4 Å². The van der Waals surface area contributed by atoms with Crippen molar-refractivity contribution in [3.05, 3.63) is 53.7 Å². The fraction of sp³-hybridized carbons (Fsp3) is 0.0714. The van der Waals surface area contributed by atoms with E-state index in [0.29, 0.717) is 0 Å².